The van der Waals surface area contributed by atoms with E-state index in [0.717, 1.165) is 16.8 Å². The Morgan fingerprint density at radius 2 is 1.89 bits per heavy atom. The van der Waals surface area contributed by atoms with Crippen LogP contribution in [0.1, 0.15) is 35.3 Å². The number of aromatic nitrogens is 2. The molecule has 1 aromatic heterocycles. The smallest absolute Gasteiger partial charge is 0.416 e. The van der Waals surface area contributed by atoms with Gasteiger partial charge in [-0.25, -0.2) is 0 Å². The first-order chi connectivity index (χ1) is 12.6. The number of nitrogens with one attached hydrogen (secondary N) is 1. The number of hydrogen-bond acceptors (Lipinski definition) is 4. The molecule has 2 aromatic rings. The first-order valence-electron chi connectivity index (χ1n) is 7.96. The molecule has 0 radical (unpaired) electrons. The first-order valence-corrected chi connectivity index (χ1v) is 7.96. The van der Waals surface area contributed by atoms with Crippen molar-refractivity contribution < 1.29 is 32.6 Å². The van der Waals surface area contributed by atoms with Crippen LogP contribution in [0, 0.1) is 0 Å². The van der Waals surface area contributed by atoms with E-state index in [-0.39, 0.29) is 24.1 Å². The maximum Gasteiger partial charge on any atom is 0.416 e. The summed E-state index contributed by atoms with van der Waals surface area (Å²) >= 11 is 0. The Morgan fingerprint density at radius 3 is 2.41 bits per heavy atom. The Bertz CT molecular complexity index is 814. The topological polar surface area (TPSA) is 93.5 Å². The molecule has 0 atom stereocenters. The minimum Gasteiger partial charge on any atom is -0.480 e. The van der Waals surface area contributed by atoms with Gasteiger partial charge in [-0.3, -0.25) is 14.3 Å². The number of nitrogens with zero attached hydrogens (tertiary/aromatic N) is 2. The average Bonchev–Trinajstić information content (AvgIpc) is 2.93. The summed E-state index contributed by atoms with van der Waals surface area (Å²) in [6.07, 6.45) is -3.48. The average molecular weight is 385 g/mol. The van der Waals surface area contributed by atoms with Gasteiger partial charge >= 0.3 is 12.1 Å². The van der Waals surface area contributed by atoms with Gasteiger partial charge in [-0.2, -0.15) is 13.2 Å². The van der Waals surface area contributed by atoms with E-state index in [9.17, 15) is 22.8 Å². The van der Waals surface area contributed by atoms with E-state index in [1.807, 2.05) is 0 Å². The summed E-state index contributed by atoms with van der Waals surface area (Å²) in [5.41, 5.74) is -0.266. The summed E-state index contributed by atoms with van der Waals surface area (Å²) in [6.45, 7) is 2.99. The summed E-state index contributed by atoms with van der Waals surface area (Å²) in [5, 5.41) is 15.3. The quantitative estimate of drug-likeness (QED) is 0.764. The fourth-order valence-corrected chi connectivity index (χ4v) is 2.18. The maximum absolute atomic E-state index is 12.6. The normalized spacial score (nSPS) is 11.5. The van der Waals surface area contributed by atoms with Crippen LogP contribution < -0.4 is 10.1 Å². The number of carboxylic acid groups (broad SMARTS) is 1. The molecule has 0 saturated heterocycles. The van der Waals surface area contributed by atoms with Crippen molar-refractivity contribution in [1.29, 1.82) is 0 Å². The number of halogens is 3. The van der Waals surface area contributed by atoms with Crippen molar-refractivity contribution in [1.82, 2.24) is 15.1 Å². The van der Waals surface area contributed by atoms with Gasteiger partial charge in [0, 0.05) is 12.7 Å². The molecular weight excluding hydrogens is 367 g/mol. The van der Waals surface area contributed by atoms with Crippen LogP contribution >= 0.6 is 0 Å². The van der Waals surface area contributed by atoms with Crippen LogP contribution in [-0.2, 0) is 24.1 Å². The van der Waals surface area contributed by atoms with Gasteiger partial charge in [-0.1, -0.05) is 12.1 Å². The van der Waals surface area contributed by atoms with Gasteiger partial charge in [0.15, 0.2) is 0 Å². The van der Waals surface area contributed by atoms with Gasteiger partial charge in [0.05, 0.1) is 11.7 Å². The number of carbonyl (C=O) groups is 2. The highest BCUT2D eigenvalue weighted by Gasteiger charge is 2.30. The lowest BCUT2D eigenvalue weighted by Crippen LogP contribution is -2.23. The van der Waals surface area contributed by atoms with Crippen molar-refractivity contribution in [3.8, 4) is 5.88 Å². The van der Waals surface area contributed by atoms with E-state index in [0.29, 0.717) is 5.56 Å². The van der Waals surface area contributed by atoms with Crippen LogP contribution in [0.15, 0.2) is 30.5 Å². The molecule has 0 aliphatic rings. The van der Waals surface area contributed by atoms with Crippen molar-refractivity contribution in [2.75, 3.05) is 0 Å². The molecule has 0 unspecified atom stereocenters. The maximum atomic E-state index is 12.6. The molecule has 1 heterocycles. The number of carboxylic acids is 1. The predicted octanol–water partition coefficient (Wildman–Crippen LogP) is 2.70. The Labute approximate surface area is 152 Å². The highest BCUT2D eigenvalue weighted by molar-refractivity contribution is 5.96. The third-order valence-corrected chi connectivity index (χ3v) is 3.35. The largest absolute Gasteiger partial charge is 0.480 e. The number of alkyl halides is 3. The van der Waals surface area contributed by atoms with E-state index in [4.69, 9.17) is 9.84 Å². The molecule has 10 heteroatoms. The molecule has 0 aliphatic heterocycles. The zero-order valence-corrected chi connectivity index (χ0v) is 14.6. The molecule has 0 aliphatic carbocycles. The van der Waals surface area contributed by atoms with Crippen LogP contribution in [-0.4, -0.2) is 32.9 Å². The number of aliphatic carboxylic acids is 1. The minimum absolute atomic E-state index is 0.0117. The van der Waals surface area contributed by atoms with E-state index >= 15 is 0 Å². The van der Waals surface area contributed by atoms with Crippen molar-refractivity contribution in [3.63, 3.8) is 0 Å². The number of carbonyl (C=O) groups excluding carboxylic acids is 1. The molecule has 7 nitrogen and oxygen atoms in total. The Hall–Kier alpha value is -3.04. The SMILES string of the molecule is CC(C)Oc1nn(CC(=O)O)cc1C(=O)NCc1ccc(C(F)(F)F)cc1. The molecular formula is C17H18F3N3O4. The lowest BCUT2D eigenvalue weighted by molar-refractivity contribution is -0.138. The van der Waals surface area contributed by atoms with Gasteiger partial charge in [-0.15, -0.1) is 5.10 Å². The van der Waals surface area contributed by atoms with Crippen LogP contribution in [0.4, 0.5) is 13.2 Å². The number of amides is 1. The second-order valence-electron chi connectivity index (χ2n) is 5.98. The lowest BCUT2D eigenvalue weighted by Gasteiger charge is -2.10. The molecule has 146 valence electrons. The summed E-state index contributed by atoms with van der Waals surface area (Å²) < 4.78 is 44.2. The van der Waals surface area contributed by atoms with Crippen molar-refractivity contribution in [3.05, 3.63) is 47.2 Å². The fraction of sp³-hybridized carbons (Fsp3) is 0.353. The third-order valence-electron chi connectivity index (χ3n) is 3.35. The fourth-order valence-electron chi connectivity index (χ4n) is 2.18. The lowest BCUT2D eigenvalue weighted by atomic mass is 10.1. The van der Waals surface area contributed by atoms with Crippen molar-refractivity contribution >= 4 is 11.9 Å². The Balaban J connectivity index is 2.10. The number of hydrogen-bond donors (Lipinski definition) is 2. The van der Waals surface area contributed by atoms with Crippen LogP contribution in [0.3, 0.4) is 0 Å². The van der Waals surface area contributed by atoms with E-state index < -0.39 is 30.2 Å². The summed E-state index contributed by atoms with van der Waals surface area (Å²) in [7, 11) is 0. The summed E-state index contributed by atoms with van der Waals surface area (Å²) in [4.78, 5) is 23.2. The van der Waals surface area contributed by atoms with E-state index in [1.165, 1.54) is 18.3 Å². The van der Waals surface area contributed by atoms with Gasteiger partial charge in [0.1, 0.15) is 12.1 Å². The molecule has 0 saturated carbocycles. The molecule has 0 spiro atoms. The van der Waals surface area contributed by atoms with Crippen molar-refractivity contribution in [2.24, 2.45) is 0 Å². The molecule has 1 aromatic carbocycles. The Morgan fingerprint density at radius 1 is 1.26 bits per heavy atom. The number of benzene rings is 1. The van der Waals surface area contributed by atoms with E-state index in [2.05, 4.69) is 10.4 Å². The standard InChI is InChI=1S/C17H18F3N3O4/c1-10(2)27-16-13(8-23(22-16)9-14(24)25)15(26)21-7-11-3-5-12(6-4-11)17(18,19)20/h3-6,8,10H,7,9H2,1-2H3,(H,21,26)(H,24,25). The zero-order chi connectivity index (χ0) is 20.2. The van der Waals surface area contributed by atoms with Crippen molar-refractivity contribution in [2.45, 2.75) is 39.2 Å². The number of ether oxygens (including phenoxy) is 1. The van der Waals surface area contributed by atoms with Crippen LogP contribution in [0.25, 0.3) is 0 Å². The van der Waals surface area contributed by atoms with Crippen LogP contribution in [0.5, 0.6) is 5.88 Å². The summed E-state index contributed by atoms with van der Waals surface area (Å²) in [5.74, 6) is -1.73. The summed E-state index contributed by atoms with van der Waals surface area (Å²) in [6, 6.07) is 4.39. The highest BCUT2D eigenvalue weighted by atomic mass is 19.4. The van der Waals surface area contributed by atoms with Gasteiger partial charge in [0.25, 0.3) is 5.91 Å². The minimum atomic E-state index is -4.43. The molecule has 0 fully saturated rings. The molecule has 1 amide bonds. The first kappa shape index (κ1) is 20.3. The third kappa shape index (κ3) is 5.73. The second kappa shape index (κ2) is 8.11. The Kier molecular flexibility index (Phi) is 6.09. The van der Waals surface area contributed by atoms with Gasteiger partial charge in [0.2, 0.25) is 5.88 Å². The monoisotopic (exact) mass is 385 g/mol. The zero-order valence-electron chi connectivity index (χ0n) is 14.6. The second-order valence-corrected chi connectivity index (χ2v) is 5.98. The molecule has 2 N–H and O–H groups in total. The van der Waals surface area contributed by atoms with Gasteiger partial charge in [-0.05, 0) is 31.5 Å². The molecule has 2 rings (SSSR count). The van der Waals surface area contributed by atoms with Crippen LogP contribution in [0.2, 0.25) is 0 Å². The highest BCUT2D eigenvalue weighted by Crippen LogP contribution is 2.29. The molecule has 0 bridgehead atoms. The molecule has 27 heavy (non-hydrogen) atoms. The predicted molar refractivity (Wildman–Crippen MR) is 88.2 cm³/mol. The number of rotatable bonds is 7. The van der Waals surface area contributed by atoms with E-state index in [1.54, 1.807) is 13.8 Å². The van der Waals surface area contributed by atoms with Gasteiger partial charge < -0.3 is 15.2 Å².